The van der Waals surface area contributed by atoms with E-state index in [0.717, 1.165) is 10.6 Å². The summed E-state index contributed by atoms with van der Waals surface area (Å²) in [5.74, 6) is -0.647. The molecule has 0 aliphatic rings. The third kappa shape index (κ3) is 3.77. The van der Waals surface area contributed by atoms with Crippen LogP contribution in [0.2, 0.25) is 0 Å². The van der Waals surface area contributed by atoms with Crippen LogP contribution in [0, 0.1) is 6.92 Å². The van der Waals surface area contributed by atoms with Crippen LogP contribution in [0.5, 0.6) is 0 Å². The Bertz CT molecular complexity index is 897. The first-order valence-corrected chi connectivity index (χ1v) is 8.27. The van der Waals surface area contributed by atoms with Crippen molar-refractivity contribution in [1.82, 2.24) is 4.98 Å². The van der Waals surface area contributed by atoms with Crippen LogP contribution in [0.1, 0.15) is 31.0 Å². The first-order chi connectivity index (χ1) is 12.1. The number of methoxy groups -OCH3 is 1. The highest BCUT2D eigenvalue weighted by Gasteiger charge is 2.20. The minimum absolute atomic E-state index is 0.0622. The Hall–Kier alpha value is -2.93. The van der Waals surface area contributed by atoms with Crippen molar-refractivity contribution in [1.29, 1.82) is 0 Å². The SMILES string of the molecule is COC(=O)c1ccc(COC(=O)c2sc(C)nc2-c2ccccc2)o1. The maximum absolute atomic E-state index is 12.4. The molecule has 0 unspecified atom stereocenters. The Labute approximate surface area is 148 Å². The van der Waals surface area contributed by atoms with Gasteiger partial charge in [0.15, 0.2) is 0 Å². The summed E-state index contributed by atoms with van der Waals surface area (Å²) in [5, 5.41) is 0.775. The molecule has 0 fully saturated rings. The van der Waals surface area contributed by atoms with Crippen molar-refractivity contribution < 1.29 is 23.5 Å². The highest BCUT2D eigenvalue weighted by atomic mass is 32.1. The summed E-state index contributed by atoms with van der Waals surface area (Å²) in [6, 6.07) is 12.5. The molecule has 2 heterocycles. The minimum Gasteiger partial charge on any atom is -0.463 e. The van der Waals surface area contributed by atoms with Crippen molar-refractivity contribution in [2.24, 2.45) is 0 Å². The lowest BCUT2D eigenvalue weighted by Gasteiger charge is -2.03. The summed E-state index contributed by atoms with van der Waals surface area (Å²) >= 11 is 1.28. The lowest BCUT2D eigenvalue weighted by atomic mass is 10.1. The van der Waals surface area contributed by atoms with Crippen LogP contribution in [0.4, 0.5) is 0 Å². The molecule has 0 aliphatic carbocycles. The monoisotopic (exact) mass is 357 g/mol. The first-order valence-electron chi connectivity index (χ1n) is 7.45. The van der Waals surface area contributed by atoms with Crippen molar-refractivity contribution in [3.8, 4) is 11.3 Å². The van der Waals surface area contributed by atoms with Crippen molar-refractivity contribution >= 4 is 23.3 Å². The number of esters is 2. The van der Waals surface area contributed by atoms with E-state index in [2.05, 4.69) is 9.72 Å². The average molecular weight is 357 g/mol. The van der Waals surface area contributed by atoms with Gasteiger partial charge in [-0.3, -0.25) is 0 Å². The van der Waals surface area contributed by atoms with Gasteiger partial charge in [0.2, 0.25) is 5.76 Å². The van der Waals surface area contributed by atoms with Gasteiger partial charge in [0.25, 0.3) is 0 Å². The summed E-state index contributed by atoms with van der Waals surface area (Å²) in [7, 11) is 1.27. The van der Waals surface area contributed by atoms with E-state index >= 15 is 0 Å². The summed E-state index contributed by atoms with van der Waals surface area (Å²) in [6.45, 7) is 1.75. The number of nitrogens with zero attached hydrogens (tertiary/aromatic N) is 1. The number of rotatable bonds is 5. The first kappa shape index (κ1) is 16.9. The number of furan rings is 1. The van der Waals surface area contributed by atoms with Gasteiger partial charge in [-0.15, -0.1) is 11.3 Å². The van der Waals surface area contributed by atoms with E-state index in [1.165, 1.54) is 24.5 Å². The fourth-order valence-corrected chi connectivity index (χ4v) is 3.06. The molecule has 7 heteroatoms. The fraction of sp³-hybridized carbons (Fsp3) is 0.167. The maximum Gasteiger partial charge on any atom is 0.373 e. The second kappa shape index (κ2) is 7.31. The summed E-state index contributed by atoms with van der Waals surface area (Å²) < 4.78 is 15.1. The number of carbonyl (C=O) groups excluding carboxylic acids is 2. The smallest absolute Gasteiger partial charge is 0.373 e. The second-order valence-electron chi connectivity index (χ2n) is 5.11. The molecular weight excluding hydrogens is 342 g/mol. The van der Waals surface area contributed by atoms with Crippen LogP contribution < -0.4 is 0 Å². The summed E-state index contributed by atoms with van der Waals surface area (Å²) in [5.41, 5.74) is 1.45. The number of carbonyl (C=O) groups is 2. The Balaban J connectivity index is 1.74. The highest BCUT2D eigenvalue weighted by molar-refractivity contribution is 7.14. The number of ether oxygens (including phenoxy) is 2. The zero-order chi connectivity index (χ0) is 17.8. The van der Waals surface area contributed by atoms with Crippen LogP contribution in [0.25, 0.3) is 11.3 Å². The van der Waals surface area contributed by atoms with Crippen LogP contribution in [0.3, 0.4) is 0 Å². The van der Waals surface area contributed by atoms with Gasteiger partial charge in [-0.05, 0) is 19.1 Å². The molecule has 0 amide bonds. The van der Waals surface area contributed by atoms with Gasteiger partial charge in [-0.25, -0.2) is 14.6 Å². The zero-order valence-corrected chi connectivity index (χ0v) is 14.5. The van der Waals surface area contributed by atoms with Crippen molar-refractivity contribution in [3.05, 3.63) is 63.9 Å². The average Bonchev–Trinajstić information content (AvgIpc) is 3.26. The highest BCUT2D eigenvalue weighted by Crippen LogP contribution is 2.28. The molecule has 0 aliphatic heterocycles. The number of aromatic nitrogens is 1. The molecule has 0 saturated heterocycles. The molecule has 0 radical (unpaired) electrons. The van der Waals surface area contributed by atoms with Gasteiger partial charge < -0.3 is 13.9 Å². The van der Waals surface area contributed by atoms with E-state index in [1.807, 2.05) is 37.3 Å². The van der Waals surface area contributed by atoms with Gasteiger partial charge in [0.05, 0.1) is 17.8 Å². The standard InChI is InChI=1S/C18H15NO5S/c1-11-19-15(12-6-4-3-5-7-12)16(25-11)18(21)23-10-13-8-9-14(24-13)17(20)22-2/h3-9H,10H2,1-2H3. The Morgan fingerprint density at radius 3 is 2.60 bits per heavy atom. The summed E-state index contributed by atoms with van der Waals surface area (Å²) in [6.07, 6.45) is 0. The third-order valence-corrected chi connectivity index (χ3v) is 4.31. The van der Waals surface area contributed by atoms with Gasteiger partial charge in [0, 0.05) is 5.56 Å². The molecule has 2 aromatic heterocycles. The van der Waals surface area contributed by atoms with E-state index in [1.54, 1.807) is 6.07 Å². The molecule has 3 aromatic rings. The molecule has 0 bridgehead atoms. The van der Waals surface area contributed by atoms with Crippen molar-refractivity contribution in [2.45, 2.75) is 13.5 Å². The Morgan fingerprint density at radius 1 is 1.12 bits per heavy atom. The number of benzene rings is 1. The quantitative estimate of drug-likeness (QED) is 0.645. The number of thiazole rings is 1. The van der Waals surface area contributed by atoms with Gasteiger partial charge in [-0.2, -0.15) is 0 Å². The van der Waals surface area contributed by atoms with Crippen LogP contribution in [-0.4, -0.2) is 24.0 Å². The normalized spacial score (nSPS) is 10.5. The molecule has 6 nitrogen and oxygen atoms in total. The molecule has 3 rings (SSSR count). The van der Waals surface area contributed by atoms with E-state index in [-0.39, 0.29) is 12.4 Å². The largest absolute Gasteiger partial charge is 0.463 e. The second-order valence-corrected chi connectivity index (χ2v) is 6.31. The Morgan fingerprint density at radius 2 is 1.88 bits per heavy atom. The van der Waals surface area contributed by atoms with Crippen LogP contribution in [-0.2, 0) is 16.1 Å². The molecule has 0 atom stereocenters. The van der Waals surface area contributed by atoms with E-state index < -0.39 is 11.9 Å². The van der Waals surface area contributed by atoms with Gasteiger partial charge in [-0.1, -0.05) is 30.3 Å². The number of hydrogen-bond donors (Lipinski definition) is 0. The molecule has 128 valence electrons. The van der Waals surface area contributed by atoms with Gasteiger partial charge in [0.1, 0.15) is 17.2 Å². The van der Waals surface area contributed by atoms with E-state index in [4.69, 9.17) is 9.15 Å². The predicted molar refractivity (Wildman–Crippen MR) is 91.5 cm³/mol. The lowest BCUT2D eigenvalue weighted by Crippen LogP contribution is -2.04. The van der Waals surface area contributed by atoms with Crippen LogP contribution in [0.15, 0.2) is 46.9 Å². The molecular formula is C18H15NO5S. The van der Waals surface area contributed by atoms with E-state index in [9.17, 15) is 9.59 Å². The van der Waals surface area contributed by atoms with Gasteiger partial charge >= 0.3 is 11.9 Å². The molecule has 0 spiro atoms. The molecule has 25 heavy (non-hydrogen) atoms. The fourth-order valence-electron chi connectivity index (χ4n) is 2.23. The topological polar surface area (TPSA) is 78.6 Å². The zero-order valence-electron chi connectivity index (χ0n) is 13.6. The molecule has 1 aromatic carbocycles. The number of hydrogen-bond acceptors (Lipinski definition) is 7. The summed E-state index contributed by atoms with van der Waals surface area (Å²) in [4.78, 5) is 28.7. The number of aryl methyl sites for hydroxylation is 1. The predicted octanol–water partition coefficient (Wildman–Crippen LogP) is 3.86. The van der Waals surface area contributed by atoms with Crippen LogP contribution >= 0.6 is 11.3 Å². The lowest BCUT2D eigenvalue weighted by molar-refractivity contribution is 0.0444. The maximum atomic E-state index is 12.4. The Kier molecular flexibility index (Phi) is 4.95. The van der Waals surface area contributed by atoms with Crippen molar-refractivity contribution in [2.75, 3.05) is 7.11 Å². The van der Waals surface area contributed by atoms with E-state index in [0.29, 0.717) is 16.3 Å². The van der Waals surface area contributed by atoms with Crippen molar-refractivity contribution in [3.63, 3.8) is 0 Å². The molecule has 0 saturated carbocycles. The third-order valence-electron chi connectivity index (χ3n) is 3.36. The molecule has 0 N–H and O–H groups in total. The minimum atomic E-state index is -0.581.